The van der Waals surface area contributed by atoms with Gasteiger partial charge in [-0.2, -0.15) is 0 Å². The summed E-state index contributed by atoms with van der Waals surface area (Å²) in [4.78, 5) is 4.88. The van der Waals surface area contributed by atoms with Crippen molar-refractivity contribution in [2.24, 2.45) is 0 Å². The molecule has 55 heavy (non-hydrogen) atoms. The lowest BCUT2D eigenvalue weighted by Crippen LogP contribution is -2.29. The molecule has 0 saturated heterocycles. The van der Waals surface area contributed by atoms with Gasteiger partial charge in [0.2, 0.25) is 0 Å². The van der Waals surface area contributed by atoms with Gasteiger partial charge in [0.15, 0.2) is 0 Å². The van der Waals surface area contributed by atoms with Crippen molar-refractivity contribution >= 4 is 44.9 Å². The van der Waals surface area contributed by atoms with Crippen LogP contribution in [0.15, 0.2) is 218 Å². The highest BCUT2D eigenvalue weighted by molar-refractivity contribution is 6.07. The molecule has 0 radical (unpaired) electrons. The van der Waals surface area contributed by atoms with Gasteiger partial charge in [0.05, 0.1) is 11.1 Å². The number of para-hydroxylation sites is 4. The predicted molar refractivity (Wildman–Crippen MR) is 230 cm³/mol. The molecular formula is C53H36N2. The Morgan fingerprint density at radius 3 is 1.31 bits per heavy atom. The lowest BCUT2D eigenvalue weighted by molar-refractivity contribution is 0.800. The van der Waals surface area contributed by atoms with E-state index >= 15 is 0 Å². The summed E-state index contributed by atoms with van der Waals surface area (Å²) in [5.41, 5.74) is 16.5. The fourth-order valence-electron chi connectivity index (χ4n) is 9.51. The number of anilines is 6. The lowest BCUT2D eigenvalue weighted by atomic mass is 9.68. The Kier molecular flexibility index (Phi) is 7.11. The molecule has 0 aliphatic heterocycles. The van der Waals surface area contributed by atoms with E-state index in [2.05, 4.69) is 228 Å². The van der Waals surface area contributed by atoms with Gasteiger partial charge in [-0.05, 0) is 110 Å². The molecule has 1 spiro atoms. The second-order valence-corrected chi connectivity index (χ2v) is 14.5. The first-order valence-corrected chi connectivity index (χ1v) is 19.0. The quantitative estimate of drug-likeness (QED) is 0.170. The number of benzene rings is 9. The summed E-state index contributed by atoms with van der Waals surface area (Å²) in [5, 5.41) is 2.54. The summed E-state index contributed by atoms with van der Waals surface area (Å²) in [6.07, 6.45) is 0. The Labute approximate surface area is 321 Å². The van der Waals surface area contributed by atoms with Crippen LogP contribution in [-0.2, 0) is 5.41 Å². The first kappa shape index (κ1) is 31.4. The number of hydrogen-bond donors (Lipinski definition) is 0. The minimum Gasteiger partial charge on any atom is -0.310 e. The fraction of sp³-hybridized carbons (Fsp3) is 0.0189. The van der Waals surface area contributed by atoms with Crippen LogP contribution in [0.5, 0.6) is 0 Å². The van der Waals surface area contributed by atoms with E-state index in [1.54, 1.807) is 0 Å². The molecule has 0 heterocycles. The van der Waals surface area contributed by atoms with Crippen molar-refractivity contribution in [1.82, 2.24) is 0 Å². The summed E-state index contributed by atoms with van der Waals surface area (Å²) in [5.74, 6) is 0. The fourth-order valence-corrected chi connectivity index (χ4v) is 9.51. The van der Waals surface area contributed by atoms with Gasteiger partial charge in [0.1, 0.15) is 0 Å². The summed E-state index contributed by atoms with van der Waals surface area (Å²) < 4.78 is 0. The third kappa shape index (κ3) is 4.62. The predicted octanol–water partition coefficient (Wildman–Crippen LogP) is 14.1. The van der Waals surface area contributed by atoms with Crippen LogP contribution in [0.3, 0.4) is 0 Å². The van der Waals surface area contributed by atoms with E-state index in [4.69, 9.17) is 0 Å². The number of rotatable bonds is 6. The van der Waals surface area contributed by atoms with Crippen LogP contribution >= 0.6 is 0 Å². The van der Waals surface area contributed by atoms with E-state index < -0.39 is 5.41 Å². The van der Waals surface area contributed by atoms with Gasteiger partial charge in [-0.15, -0.1) is 0 Å². The highest BCUT2D eigenvalue weighted by atomic mass is 15.2. The molecule has 0 N–H and O–H groups in total. The molecule has 258 valence electrons. The molecule has 0 amide bonds. The van der Waals surface area contributed by atoms with Gasteiger partial charge in [0, 0.05) is 34.0 Å². The molecular weight excluding hydrogens is 665 g/mol. The van der Waals surface area contributed by atoms with Crippen LogP contribution in [0.2, 0.25) is 0 Å². The van der Waals surface area contributed by atoms with Crippen LogP contribution in [0, 0.1) is 0 Å². The molecule has 2 nitrogen and oxygen atoms in total. The summed E-state index contributed by atoms with van der Waals surface area (Å²) >= 11 is 0. The van der Waals surface area contributed by atoms with Crippen molar-refractivity contribution in [3.63, 3.8) is 0 Å². The highest BCUT2D eigenvalue weighted by Crippen LogP contribution is 2.67. The Morgan fingerprint density at radius 2 is 0.745 bits per heavy atom. The average molecular weight is 701 g/mol. The summed E-state index contributed by atoms with van der Waals surface area (Å²) in [6.45, 7) is 0. The molecule has 1 unspecified atom stereocenters. The number of hydrogen-bond acceptors (Lipinski definition) is 2. The second-order valence-electron chi connectivity index (χ2n) is 14.5. The minimum absolute atomic E-state index is 0.585. The van der Waals surface area contributed by atoms with Gasteiger partial charge in [-0.25, -0.2) is 0 Å². The lowest BCUT2D eigenvalue weighted by Gasteiger charge is -2.37. The standard InChI is InChI=1S/C53H36N2/c1-5-20-38(21-6-1)54(39-22-7-2-8-23-39)42-35-47-45-30-16-18-32-49(45)53(48-31-17-15-29-44(48)46-34-33-37-19-13-14-28-43(37)51(46)53)52(47)50(36-42)55(40-24-9-3-10-25-40)41-26-11-4-12-27-41/h1-36H. The monoisotopic (exact) mass is 700 g/mol. The molecule has 0 aromatic heterocycles. The maximum atomic E-state index is 2.48. The van der Waals surface area contributed by atoms with Gasteiger partial charge in [-0.3, -0.25) is 0 Å². The number of nitrogens with zero attached hydrogens (tertiary/aromatic N) is 2. The second kappa shape index (κ2) is 12.5. The molecule has 2 heteroatoms. The topological polar surface area (TPSA) is 6.48 Å². The smallest absolute Gasteiger partial charge is 0.0752 e. The maximum absolute atomic E-state index is 2.48. The minimum atomic E-state index is -0.585. The molecule has 1 atom stereocenters. The molecule has 9 aromatic rings. The summed E-state index contributed by atoms with van der Waals surface area (Å²) in [7, 11) is 0. The van der Waals surface area contributed by atoms with E-state index in [1.165, 1.54) is 55.3 Å². The van der Waals surface area contributed by atoms with Gasteiger partial charge in [-0.1, -0.05) is 158 Å². The summed E-state index contributed by atoms with van der Waals surface area (Å²) in [6, 6.07) is 80.0. The van der Waals surface area contributed by atoms with Gasteiger partial charge >= 0.3 is 0 Å². The van der Waals surface area contributed by atoms with Crippen molar-refractivity contribution in [2.75, 3.05) is 9.80 Å². The van der Waals surface area contributed by atoms with Crippen molar-refractivity contribution in [1.29, 1.82) is 0 Å². The Hall–Kier alpha value is -7.16. The van der Waals surface area contributed by atoms with Gasteiger partial charge in [0.25, 0.3) is 0 Å². The van der Waals surface area contributed by atoms with Crippen molar-refractivity contribution in [2.45, 2.75) is 5.41 Å². The Balaban J connectivity index is 1.34. The van der Waals surface area contributed by atoms with E-state index in [0.717, 1.165) is 34.1 Å². The van der Waals surface area contributed by atoms with E-state index in [0.29, 0.717) is 0 Å². The van der Waals surface area contributed by atoms with Crippen LogP contribution < -0.4 is 9.80 Å². The first-order chi connectivity index (χ1) is 27.3. The highest BCUT2D eigenvalue weighted by Gasteiger charge is 2.54. The van der Waals surface area contributed by atoms with E-state index in [1.807, 2.05) is 0 Å². The van der Waals surface area contributed by atoms with Gasteiger partial charge < -0.3 is 9.80 Å². The molecule has 0 bridgehead atoms. The first-order valence-electron chi connectivity index (χ1n) is 19.0. The van der Waals surface area contributed by atoms with Crippen molar-refractivity contribution in [3.05, 3.63) is 241 Å². The van der Waals surface area contributed by atoms with Crippen LogP contribution in [0.1, 0.15) is 22.3 Å². The molecule has 0 fully saturated rings. The SMILES string of the molecule is c1ccc(N(c2ccccc2)c2cc3c(c(N(c4ccccc4)c4ccccc4)c2)C2(c4ccccc4-3)c3ccccc3-c3ccc4ccccc4c32)cc1. The molecule has 0 saturated carbocycles. The molecule has 9 aromatic carbocycles. The van der Waals surface area contributed by atoms with E-state index in [-0.39, 0.29) is 0 Å². The largest absolute Gasteiger partial charge is 0.310 e. The Bertz CT molecular complexity index is 2790. The average Bonchev–Trinajstić information content (AvgIpc) is 3.73. The zero-order valence-corrected chi connectivity index (χ0v) is 30.2. The zero-order valence-electron chi connectivity index (χ0n) is 30.2. The van der Waals surface area contributed by atoms with Crippen LogP contribution in [0.4, 0.5) is 34.1 Å². The third-order valence-electron chi connectivity index (χ3n) is 11.6. The third-order valence-corrected chi connectivity index (χ3v) is 11.6. The molecule has 2 aliphatic rings. The Morgan fingerprint density at radius 1 is 0.291 bits per heavy atom. The van der Waals surface area contributed by atoms with Crippen LogP contribution in [-0.4, -0.2) is 0 Å². The molecule has 11 rings (SSSR count). The van der Waals surface area contributed by atoms with Crippen molar-refractivity contribution in [3.8, 4) is 22.3 Å². The van der Waals surface area contributed by atoms with Crippen LogP contribution in [0.25, 0.3) is 33.0 Å². The molecule has 2 aliphatic carbocycles. The van der Waals surface area contributed by atoms with Crippen molar-refractivity contribution < 1.29 is 0 Å². The zero-order chi connectivity index (χ0) is 36.3. The van der Waals surface area contributed by atoms with E-state index in [9.17, 15) is 0 Å². The maximum Gasteiger partial charge on any atom is 0.0752 e. The number of fused-ring (bicyclic) bond motifs is 12. The normalized spacial score (nSPS) is 14.6.